The zero-order chi connectivity index (χ0) is 14.3. The molecule has 0 spiro atoms. The number of aromatic nitrogens is 3. The Morgan fingerprint density at radius 2 is 2.05 bits per heavy atom. The summed E-state index contributed by atoms with van der Waals surface area (Å²) < 4.78 is 1.82. The fraction of sp³-hybridized carbons (Fsp3) is 0.500. The molecule has 1 amide bonds. The third-order valence-electron chi connectivity index (χ3n) is 3.49. The van der Waals surface area contributed by atoms with Gasteiger partial charge in [0.05, 0.1) is 12.2 Å². The second-order valence-electron chi connectivity index (χ2n) is 6.23. The number of nitrogens with one attached hydrogen (secondary N) is 1. The molecule has 1 aliphatic heterocycles. The molecule has 1 aliphatic rings. The molecule has 0 radical (unpaired) electrons. The molecule has 0 aromatic carbocycles. The zero-order valence-electron chi connectivity index (χ0n) is 12.0. The van der Waals surface area contributed by atoms with E-state index in [9.17, 15) is 4.79 Å². The highest BCUT2D eigenvalue weighted by Crippen LogP contribution is 2.22. The zero-order valence-corrected chi connectivity index (χ0v) is 12.0. The third-order valence-corrected chi connectivity index (χ3v) is 3.49. The van der Waals surface area contributed by atoms with Crippen molar-refractivity contribution in [2.45, 2.75) is 26.8 Å². The van der Waals surface area contributed by atoms with Gasteiger partial charge in [-0.2, -0.15) is 9.61 Å². The van der Waals surface area contributed by atoms with E-state index in [-0.39, 0.29) is 17.4 Å². The highest BCUT2D eigenvalue weighted by Gasteiger charge is 2.32. The number of fused-ring (bicyclic) bond motifs is 1. The van der Waals surface area contributed by atoms with Crippen molar-refractivity contribution in [1.82, 2.24) is 19.9 Å². The minimum Gasteiger partial charge on any atom is -0.352 e. The Morgan fingerprint density at radius 1 is 1.30 bits per heavy atom. The van der Waals surface area contributed by atoms with Crippen LogP contribution < -0.4 is 10.2 Å². The average Bonchev–Trinajstić information content (AvgIpc) is 2.79. The van der Waals surface area contributed by atoms with Gasteiger partial charge in [0, 0.05) is 30.8 Å². The van der Waals surface area contributed by atoms with Gasteiger partial charge < -0.3 is 10.2 Å². The van der Waals surface area contributed by atoms with Gasteiger partial charge in [-0.3, -0.25) is 4.79 Å². The van der Waals surface area contributed by atoms with Crippen LogP contribution in [0.2, 0.25) is 0 Å². The van der Waals surface area contributed by atoms with Crippen molar-refractivity contribution in [2.24, 2.45) is 5.41 Å². The predicted octanol–water partition coefficient (Wildman–Crippen LogP) is 1.08. The number of carbonyl (C=O) groups is 1. The Balaban J connectivity index is 1.66. The molecule has 0 unspecified atom stereocenters. The molecule has 2 aromatic heterocycles. The number of hydrogen-bond donors (Lipinski definition) is 1. The van der Waals surface area contributed by atoms with Crippen molar-refractivity contribution in [3.63, 3.8) is 0 Å². The summed E-state index contributed by atoms with van der Waals surface area (Å²) in [5.74, 6) is 1.11. The van der Waals surface area contributed by atoms with E-state index in [0.717, 1.165) is 24.6 Å². The SMILES string of the molecule is CC(C)(C)C(=O)NC1CN(c2ccnc3ccnn23)C1. The van der Waals surface area contributed by atoms with Gasteiger partial charge in [0.2, 0.25) is 5.91 Å². The Bertz CT molecular complexity index is 636. The van der Waals surface area contributed by atoms with E-state index in [1.54, 1.807) is 12.4 Å². The molecule has 0 bridgehead atoms. The fourth-order valence-electron chi connectivity index (χ4n) is 2.22. The molecule has 6 nitrogen and oxygen atoms in total. The van der Waals surface area contributed by atoms with Crippen LogP contribution >= 0.6 is 0 Å². The summed E-state index contributed by atoms with van der Waals surface area (Å²) in [7, 11) is 0. The van der Waals surface area contributed by atoms with Crippen LogP contribution in [0.15, 0.2) is 24.5 Å². The topological polar surface area (TPSA) is 62.5 Å². The molecule has 0 aliphatic carbocycles. The van der Waals surface area contributed by atoms with Crippen molar-refractivity contribution >= 4 is 17.4 Å². The first kappa shape index (κ1) is 12.9. The Hall–Kier alpha value is -2.11. The van der Waals surface area contributed by atoms with Gasteiger partial charge in [0.1, 0.15) is 5.82 Å². The third kappa shape index (κ3) is 2.21. The van der Waals surface area contributed by atoms with E-state index >= 15 is 0 Å². The van der Waals surface area contributed by atoms with Crippen LogP contribution in [0, 0.1) is 5.41 Å². The summed E-state index contributed by atoms with van der Waals surface area (Å²) >= 11 is 0. The maximum absolute atomic E-state index is 11.9. The van der Waals surface area contributed by atoms with E-state index < -0.39 is 0 Å². The van der Waals surface area contributed by atoms with Gasteiger partial charge >= 0.3 is 0 Å². The summed E-state index contributed by atoms with van der Waals surface area (Å²) in [5.41, 5.74) is 0.497. The summed E-state index contributed by atoms with van der Waals surface area (Å²) in [6, 6.07) is 4.03. The van der Waals surface area contributed by atoms with Crippen LogP contribution in [0.5, 0.6) is 0 Å². The van der Waals surface area contributed by atoms with E-state index in [4.69, 9.17) is 0 Å². The first-order valence-electron chi connectivity index (χ1n) is 6.80. The summed E-state index contributed by atoms with van der Waals surface area (Å²) in [6.07, 6.45) is 3.53. The Labute approximate surface area is 117 Å². The standard InChI is InChI=1S/C14H19N5O/c1-14(2,3)13(20)17-10-8-18(9-10)12-5-6-15-11-4-7-16-19(11)12/h4-7,10H,8-9H2,1-3H3,(H,17,20). The highest BCUT2D eigenvalue weighted by atomic mass is 16.2. The predicted molar refractivity (Wildman–Crippen MR) is 76.6 cm³/mol. The summed E-state index contributed by atoms with van der Waals surface area (Å²) in [6.45, 7) is 7.39. The van der Waals surface area contributed by atoms with Crippen LogP contribution in [-0.4, -0.2) is 39.6 Å². The molecule has 0 saturated carbocycles. The van der Waals surface area contributed by atoms with E-state index in [2.05, 4.69) is 20.3 Å². The lowest BCUT2D eigenvalue weighted by molar-refractivity contribution is -0.129. The van der Waals surface area contributed by atoms with Crippen LogP contribution in [0.1, 0.15) is 20.8 Å². The lowest BCUT2D eigenvalue weighted by Gasteiger charge is -2.41. The summed E-state index contributed by atoms with van der Waals surface area (Å²) in [4.78, 5) is 18.4. The minimum atomic E-state index is -0.341. The number of carbonyl (C=O) groups excluding carboxylic acids is 1. The molecule has 20 heavy (non-hydrogen) atoms. The fourth-order valence-corrected chi connectivity index (χ4v) is 2.22. The van der Waals surface area contributed by atoms with Crippen LogP contribution in [0.3, 0.4) is 0 Å². The molecule has 6 heteroatoms. The summed E-state index contributed by atoms with van der Waals surface area (Å²) in [5, 5.41) is 7.34. The largest absolute Gasteiger partial charge is 0.352 e. The molecule has 3 heterocycles. The highest BCUT2D eigenvalue weighted by molar-refractivity contribution is 5.82. The number of nitrogens with zero attached hydrogens (tertiary/aromatic N) is 4. The lowest BCUT2D eigenvalue weighted by atomic mass is 9.94. The van der Waals surface area contributed by atoms with Crippen molar-refractivity contribution in [2.75, 3.05) is 18.0 Å². The van der Waals surface area contributed by atoms with Crippen molar-refractivity contribution < 1.29 is 4.79 Å². The monoisotopic (exact) mass is 273 g/mol. The second-order valence-corrected chi connectivity index (χ2v) is 6.23. The van der Waals surface area contributed by atoms with Crippen molar-refractivity contribution in [3.8, 4) is 0 Å². The van der Waals surface area contributed by atoms with E-state index in [1.165, 1.54) is 0 Å². The van der Waals surface area contributed by atoms with Crippen molar-refractivity contribution in [1.29, 1.82) is 0 Å². The number of amides is 1. The first-order chi connectivity index (χ1) is 9.45. The van der Waals surface area contributed by atoms with Crippen molar-refractivity contribution in [3.05, 3.63) is 24.5 Å². The van der Waals surface area contributed by atoms with Gasteiger partial charge in [-0.25, -0.2) is 4.98 Å². The van der Waals surface area contributed by atoms with Gasteiger partial charge in [-0.05, 0) is 6.07 Å². The number of anilines is 1. The lowest BCUT2D eigenvalue weighted by Crippen LogP contribution is -2.61. The molecule has 3 rings (SSSR count). The van der Waals surface area contributed by atoms with Crippen LogP contribution in [0.4, 0.5) is 5.82 Å². The molecular weight excluding hydrogens is 254 g/mol. The minimum absolute atomic E-state index is 0.0983. The normalized spacial score (nSPS) is 16.2. The van der Waals surface area contributed by atoms with Crippen LogP contribution in [0.25, 0.3) is 5.65 Å². The molecule has 2 aromatic rings. The number of hydrogen-bond acceptors (Lipinski definition) is 4. The van der Waals surface area contributed by atoms with Gasteiger partial charge in [-0.15, -0.1) is 0 Å². The van der Waals surface area contributed by atoms with Gasteiger partial charge in [0.25, 0.3) is 0 Å². The molecule has 1 saturated heterocycles. The van der Waals surface area contributed by atoms with Gasteiger partial charge in [0.15, 0.2) is 5.65 Å². The van der Waals surface area contributed by atoms with Gasteiger partial charge in [-0.1, -0.05) is 20.8 Å². The molecule has 1 fully saturated rings. The maximum Gasteiger partial charge on any atom is 0.225 e. The maximum atomic E-state index is 11.9. The smallest absolute Gasteiger partial charge is 0.225 e. The quantitative estimate of drug-likeness (QED) is 0.889. The molecule has 1 N–H and O–H groups in total. The number of rotatable bonds is 2. The Kier molecular flexibility index (Phi) is 2.88. The first-order valence-corrected chi connectivity index (χ1v) is 6.80. The van der Waals surface area contributed by atoms with E-state index in [0.29, 0.717) is 0 Å². The molecule has 0 atom stereocenters. The molecule has 106 valence electrons. The van der Waals surface area contributed by atoms with Crippen LogP contribution in [-0.2, 0) is 4.79 Å². The second kappa shape index (κ2) is 4.47. The molecular formula is C14H19N5O. The average molecular weight is 273 g/mol. The Morgan fingerprint density at radius 3 is 2.75 bits per heavy atom. The van der Waals surface area contributed by atoms with E-state index in [1.807, 2.05) is 37.4 Å².